The summed E-state index contributed by atoms with van der Waals surface area (Å²) in [5, 5.41) is 81.2. The molecule has 4 unspecified atom stereocenters. The Labute approximate surface area is 364 Å². The molecule has 5 aliphatic carbocycles. The van der Waals surface area contributed by atoms with Crippen LogP contribution >= 0.6 is 12.2 Å². The largest absolute Gasteiger partial charge is 0.508 e. The number of allylic oxidation sites excluding steroid dienone is 1. The highest BCUT2D eigenvalue weighted by Crippen LogP contribution is 2.68. The third-order valence-corrected chi connectivity index (χ3v) is 15.6. The maximum absolute atomic E-state index is 13.6. The number of nitrogens with one attached hydrogen (secondary N) is 1. The molecule has 11 atom stereocenters. The van der Waals surface area contributed by atoms with E-state index in [1.165, 1.54) is 30.3 Å². The van der Waals surface area contributed by atoms with Crippen molar-refractivity contribution in [2.75, 3.05) is 11.9 Å². The Hall–Kier alpha value is -4.70. The zero-order chi connectivity index (χ0) is 44.7. The van der Waals surface area contributed by atoms with E-state index >= 15 is 0 Å². The summed E-state index contributed by atoms with van der Waals surface area (Å²) in [6.07, 6.45) is 1.68. The summed E-state index contributed by atoms with van der Waals surface area (Å²) >= 11 is 5.47. The summed E-state index contributed by atoms with van der Waals surface area (Å²) in [7, 11) is 0. The molecular weight excluding hydrogens is 815 g/mol. The number of carbonyl (C=O) groups excluding carboxylic acids is 1. The lowest BCUT2D eigenvalue weighted by atomic mass is 9.45. The van der Waals surface area contributed by atoms with E-state index in [2.05, 4.69) is 5.32 Å². The molecule has 1 heterocycles. The van der Waals surface area contributed by atoms with Crippen molar-refractivity contribution in [2.24, 2.45) is 34.5 Å². The van der Waals surface area contributed by atoms with Crippen LogP contribution in [-0.4, -0.2) is 88.8 Å². The molecule has 0 spiro atoms. The van der Waals surface area contributed by atoms with Crippen LogP contribution in [0.4, 0.5) is 5.69 Å². The summed E-state index contributed by atoms with van der Waals surface area (Å²) in [5.74, 6) is -2.35. The van der Waals surface area contributed by atoms with Crippen molar-refractivity contribution < 1.29 is 54.5 Å². The zero-order valence-corrected chi connectivity index (χ0v) is 36.1. The average molecular weight is 870 g/mol. The molecule has 13 nitrogen and oxygen atoms in total. The van der Waals surface area contributed by atoms with Gasteiger partial charge in [-0.2, -0.15) is 0 Å². The van der Waals surface area contributed by atoms with E-state index in [0.717, 1.165) is 0 Å². The second kappa shape index (κ2) is 15.8. The average Bonchev–Trinajstić information content (AvgIpc) is 3.50. The first kappa shape index (κ1) is 43.9. The Morgan fingerprint density at radius 2 is 1.74 bits per heavy atom. The highest BCUT2D eigenvalue weighted by atomic mass is 32.1. The van der Waals surface area contributed by atoms with Gasteiger partial charge in [0.2, 0.25) is 0 Å². The lowest BCUT2D eigenvalue weighted by Gasteiger charge is -2.60. The van der Waals surface area contributed by atoms with Gasteiger partial charge in [-0.15, -0.1) is 0 Å². The molecule has 0 aromatic heterocycles. The molecule has 0 saturated heterocycles. The third-order valence-electron chi connectivity index (χ3n) is 15.4. The molecule has 0 bridgehead atoms. The number of aliphatic hydroxyl groups excluding tert-OH is 3. The standard InChI is InChI=1S/C48H55NO12S/c1-24(5-12-41(55)47(4,58)40-14-16-48(59)33-20-35(52)34-21-36(53)37(54)22-45(34,2)32(33)13-15-46(40,48)3)23-60-44(62)49-25-6-9-28(31(17-25)43(56)57)42-29-10-7-26(50)18-38(29)61-39-19-27(51)8-11-30(39)42/h6-11,17-20,24,32,34,36-37,40-41,50,53-55,58-59H,5,12-16,21-23H2,1-4H3,(H,49,62)(H,56,57)/t24?,32?,34?,36-,37+,40?,41-,45-,46-,47-,48-/m1/s1. The van der Waals surface area contributed by atoms with Gasteiger partial charge < -0.3 is 50.2 Å². The van der Waals surface area contributed by atoms with E-state index in [1.54, 1.807) is 37.3 Å². The van der Waals surface area contributed by atoms with Gasteiger partial charge >= 0.3 is 5.97 Å². The molecule has 2 aromatic rings. The second-order valence-electron chi connectivity index (χ2n) is 19.1. The van der Waals surface area contributed by atoms with Crippen molar-refractivity contribution in [3.63, 3.8) is 0 Å². The number of carboxylic acids is 1. The molecule has 1 aliphatic heterocycles. The number of ether oxygens (including phenoxy) is 1. The minimum Gasteiger partial charge on any atom is -0.508 e. The number of phenolic OH excluding ortho intramolecular Hbond substituents is 1. The van der Waals surface area contributed by atoms with Gasteiger partial charge in [0.1, 0.15) is 17.1 Å². The van der Waals surface area contributed by atoms with E-state index in [4.69, 9.17) is 21.4 Å². The predicted molar refractivity (Wildman–Crippen MR) is 235 cm³/mol. The van der Waals surface area contributed by atoms with E-state index in [9.17, 15) is 50.1 Å². The SMILES string of the molecule is CC(CC[C@@H](O)[C@](C)(O)C1CC[C@@]2(O)C3=CC(=O)C4C[C@@H](O)[C@@H](O)C[C@]4(C)C3CC[C@]12C)COC(=S)Nc1ccc(-c2c3ccc(=O)cc-3oc3cc(O)ccc23)c(C(=O)O)c1. The van der Waals surface area contributed by atoms with E-state index < -0.39 is 58.1 Å². The summed E-state index contributed by atoms with van der Waals surface area (Å²) in [6.45, 7) is 7.67. The molecule has 3 saturated carbocycles. The molecule has 6 aliphatic rings. The molecule has 2 aromatic carbocycles. The van der Waals surface area contributed by atoms with Gasteiger partial charge in [0.25, 0.3) is 5.17 Å². The molecule has 0 amide bonds. The Balaban J connectivity index is 0.907. The Morgan fingerprint density at radius 3 is 2.48 bits per heavy atom. The molecule has 3 fully saturated rings. The van der Waals surface area contributed by atoms with Crippen molar-refractivity contribution in [2.45, 2.75) is 109 Å². The van der Waals surface area contributed by atoms with E-state index in [0.29, 0.717) is 65.4 Å². The first-order valence-electron chi connectivity index (χ1n) is 21.4. The van der Waals surface area contributed by atoms with Gasteiger partial charge in [-0.1, -0.05) is 26.8 Å². The van der Waals surface area contributed by atoms with Crippen LogP contribution in [-0.2, 0) is 9.53 Å². The van der Waals surface area contributed by atoms with E-state index in [-0.39, 0.29) is 76.7 Å². The Bertz CT molecular complexity index is 2510. The van der Waals surface area contributed by atoms with Crippen LogP contribution in [0.2, 0.25) is 0 Å². The van der Waals surface area contributed by atoms with Crippen LogP contribution in [0, 0.1) is 34.5 Å². The van der Waals surface area contributed by atoms with Gasteiger partial charge in [0.15, 0.2) is 11.2 Å². The fourth-order valence-electron chi connectivity index (χ4n) is 11.9. The molecular formula is C48H55NO12S. The fourth-order valence-corrected chi connectivity index (χ4v) is 12.1. The predicted octanol–water partition coefficient (Wildman–Crippen LogP) is 6.41. The lowest BCUT2D eigenvalue weighted by molar-refractivity contribution is -0.176. The zero-order valence-electron chi connectivity index (χ0n) is 35.3. The van der Waals surface area contributed by atoms with Crippen LogP contribution in [0.3, 0.4) is 0 Å². The topological polar surface area (TPSA) is 227 Å². The number of hydrogen-bond acceptors (Lipinski definition) is 12. The summed E-state index contributed by atoms with van der Waals surface area (Å²) in [4.78, 5) is 38.4. The number of anilines is 1. The van der Waals surface area contributed by atoms with Crippen molar-refractivity contribution in [3.05, 3.63) is 82.0 Å². The monoisotopic (exact) mass is 869 g/mol. The van der Waals surface area contributed by atoms with Gasteiger partial charge in [-0.25, -0.2) is 4.79 Å². The van der Waals surface area contributed by atoms with Crippen LogP contribution in [0.15, 0.2) is 75.5 Å². The minimum atomic E-state index is -1.57. The summed E-state index contributed by atoms with van der Waals surface area (Å²) in [5.41, 5.74) is -2.05. The van der Waals surface area contributed by atoms with Gasteiger partial charge in [0, 0.05) is 45.7 Å². The number of rotatable bonds is 10. The normalized spacial score (nSPS) is 31.3. The number of fused-ring (bicyclic) bond motifs is 7. The molecule has 62 heavy (non-hydrogen) atoms. The number of hydrogen-bond donors (Lipinski definition) is 8. The molecule has 330 valence electrons. The Morgan fingerprint density at radius 1 is 1.00 bits per heavy atom. The second-order valence-corrected chi connectivity index (χ2v) is 19.5. The van der Waals surface area contributed by atoms with Crippen LogP contribution in [0.1, 0.15) is 89.4 Å². The lowest BCUT2D eigenvalue weighted by Crippen LogP contribution is -2.62. The number of phenols is 1. The van der Waals surface area contributed by atoms with Gasteiger partial charge in [-0.3, -0.25) is 9.59 Å². The first-order chi connectivity index (χ1) is 29.2. The molecule has 8 rings (SSSR count). The van der Waals surface area contributed by atoms with Gasteiger partial charge in [-0.05, 0) is 147 Å². The maximum atomic E-state index is 13.6. The molecule has 14 heteroatoms. The fraction of sp³-hybridized carbons (Fsp3) is 0.500. The number of aromatic carboxylic acids is 1. The highest BCUT2D eigenvalue weighted by Gasteiger charge is 2.69. The maximum Gasteiger partial charge on any atom is 0.336 e. The van der Waals surface area contributed by atoms with Crippen molar-refractivity contribution in [1.29, 1.82) is 0 Å². The molecule has 0 radical (unpaired) electrons. The highest BCUT2D eigenvalue weighted by molar-refractivity contribution is 7.80. The Kier molecular flexibility index (Phi) is 11.2. The third kappa shape index (κ3) is 7.22. The minimum absolute atomic E-state index is 0.00436. The van der Waals surface area contributed by atoms with Crippen molar-refractivity contribution in [3.8, 4) is 28.2 Å². The quantitative estimate of drug-likeness (QED) is 0.0637. The molecule has 8 N–H and O–H groups in total. The van der Waals surface area contributed by atoms with Crippen LogP contribution < -0.4 is 10.7 Å². The number of aliphatic hydroxyl groups is 5. The number of carboxylic acid groups (broad SMARTS) is 1. The summed E-state index contributed by atoms with van der Waals surface area (Å²) < 4.78 is 11.8. The van der Waals surface area contributed by atoms with E-state index in [1.807, 2.05) is 20.8 Å². The number of benzene rings is 3. The number of thiocarbonyl (C=S) groups is 1. The van der Waals surface area contributed by atoms with Crippen molar-refractivity contribution >= 4 is 45.8 Å². The van der Waals surface area contributed by atoms with Crippen LogP contribution in [0.25, 0.3) is 33.4 Å². The summed E-state index contributed by atoms with van der Waals surface area (Å²) in [6, 6.07) is 13.5. The number of aromatic hydroxyl groups is 1. The smallest absolute Gasteiger partial charge is 0.336 e. The number of ketones is 1. The van der Waals surface area contributed by atoms with Gasteiger partial charge in [0.05, 0.1) is 41.7 Å². The van der Waals surface area contributed by atoms with Crippen LogP contribution in [0.5, 0.6) is 5.75 Å². The first-order valence-corrected chi connectivity index (χ1v) is 21.8. The number of carbonyl (C=O) groups is 2. The van der Waals surface area contributed by atoms with Crippen molar-refractivity contribution in [1.82, 2.24) is 0 Å².